The normalized spacial score (nSPS) is 13.5. The Labute approximate surface area is 100 Å². The van der Waals surface area contributed by atoms with Crippen LogP contribution < -0.4 is 5.32 Å². The zero-order valence-corrected chi connectivity index (χ0v) is 10.4. The van der Waals surface area contributed by atoms with Crippen LogP contribution in [-0.2, 0) is 4.79 Å². The molecule has 1 aromatic rings. The fourth-order valence-electron chi connectivity index (χ4n) is 1.41. The molecule has 0 aliphatic carbocycles. The van der Waals surface area contributed by atoms with Gasteiger partial charge in [-0.2, -0.15) is 0 Å². The maximum Gasteiger partial charge on any atom is 0.325 e. The highest BCUT2D eigenvalue weighted by molar-refractivity contribution is 6.31. The van der Waals surface area contributed by atoms with Crippen LogP contribution in [0, 0.1) is 0 Å². The van der Waals surface area contributed by atoms with Crippen molar-refractivity contribution in [1.29, 1.82) is 0 Å². The second-order valence-electron chi connectivity index (χ2n) is 4.69. The van der Waals surface area contributed by atoms with Crippen molar-refractivity contribution in [3.63, 3.8) is 0 Å². The first-order valence-corrected chi connectivity index (χ1v) is 5.44. The summed E-state index contributed by atoms with van der Waals surface area (Å²) in [6.45, 7) is 5.75. The summed E-state index contributed by atoms with van der Waals surface area (Å²) in [5.74, 6) is -0.928. The Hall–Kier alpha value is -1.06. The Kier molecular flexibility index (Phi) is 3.94. The summed E-state index contributed by atoms with van der Waals surface area (Å²) in [5, 5.41) is 12.7. The quantitative estimate of drug-likeness (QED) is 0.856. The van der Waals surface area contributed by atoms with E-state index in [4.69, 9.17) is 11.6 Å². The van der Waals surface area contributed by atoms with Gasteiger partial charge in [-0.05, 0) is 32.4 Å². The van der Waals surface area contributed by atoms with E-state index < -0.39 is 12.0 Å². The van der Waals surface area contributed by atoms with Crippen LogP contribution in [0.1, 0.15) is 32.4 Å². The maximum absolute atomic E-state index is 11.2. The molecule has 0 aromatic heterocycles. The molecule has 0 heterocycles. The fraction of sp³-hybridized carbons (Fsp3) is 0.417. The van der Waals surface area contributed by atoms with Crippen molar-refractivity contribution in [2.45, 2.75) is 32.4 Å². The van der Waals surface area contributed by atoms with Crippen LogP contribution in [0.3, 0.4) is 0 Å². The van der Waals surface area contributed by atoms with E-state index >= 15 is 0 Å². The summed E-state index contributed by atoms with van der Waals surface area (Å²) >= 11 is 5.99. The zero-order valence-electron chi connectivity index (χ0n) is 9.62. The van der Waals surface area contributed by atoms with Crippen molar-refractivity contribution in [3.8, 4) is 0 Å². The van der Waals surface area contributed by atoms with Crippen LogP contribution >= 0.6 is 11.6 Å². The molecule has 1 aromatic carbocycles. The second kappa shape index (κ2) is 4.85. The van der Waals surface area contributed by atoms with Gasteiger partial charge in [-0.25, -0.2) is 0 Å². The Morgan fingerprint density at radius 1 is 1.38 bits per heavy atom. The van der Waals surface area contributed by atoms with Gasteiger partial charge in [0.1, 0.15) is 6.04 Å². The number of rotatable bonds is 3. The molecule has 1 rings (SSSR count). The molecule has 1 atom stereocenters. The summed E-state index contributed by atoms with van der Waals surface area (Å²) in [6.07, 6.45) is 0. The van der Waals surface area contributed by atoms with Gasteiger partial charge in [-0.3, -0.25) is 10.1 Å². The van der Waals surface area contributed by atoms with Gasteiger partial charge in [-0.15, -0.1) is 0 Å². The number of hydrogen-bond donors (Lipinski definition) is 2. The number of halogens is 1. The SMILES string of the molecule is CC(C)(C)N[C@H](C(=O)O)c1ccccc1Cl. The van der Waals surface area contributed by atoms with Gasteiger partial charge in [0.2, 0.25) is 0 Å². The summed E-state index contributed by atoms with van der Waals surface area (Å²) in [6, 6.07) is 6.19. The highest BCUT2D eigenvalue weighted by Gasteiger charge is 2.26. The van der Waals surface area contributed by atoms with Crippen molar-refractivity contribution >= 4 is 17.6 Å². The molecular formula is C12H16ClNO2. The lowest BCUT2D eigenvalue weighted by molar-refractivity contribution is -0.140. The van der Waals surface area contributed by atoms with E-state index in [1.54, 1.807) is 24.3 Å². The second-order valence-corrected chi connectivity index (χ2v) is 5.09. The Balaban J connectivity index is 3.04. The molecule has 88 valence electrons. The first-order valence-electron chi connectivity index (χ1n) is 5.06. The molecule has 3 nitrogen and oxygen atoms in total. The third-order valence-corrected chi connectivity index (χ3v) is 2.38. The predicted octanol–water partition coefficient (Wildman–Crippen LogP) is 2.85. The van der Waals surface area contributed by atoms with E-state index in [1.807, 2.05) is 20.8 Å². The van der Waals surface area contributed by atoms with E-state index in [-0.39, 0.29) is 5.54 Å². The maximum atomic E-state index is 11.2. The predicted molar refractivity (Wildman–Crippen MR) is 64.7 cm³/mol. The summed E-state index contributed by atoms with van der Waals surface area (Å²) < 4.78 is 0. The highest BCUT2D eigenvalue weighted by Crippen LogP contribution is 2.24. The summed E-state index contributed by atoms with van der Waals surface area (Å²) in [5.41, 5.74) is 0.300. The minimum atomic E-state index is -0.928. The van der Waals surface area contributed by atoms with Crippen LogP contribution in [0.2, 0.25) is 5.02 Å². The lowest BCUT2D eigenvalue weighted by Gasteiger charge is -2.26. The number of aliphatic carboxylic acids is 1. The van der Waals surface area contributed by atoms with Crippen LogP contribution in [0.25, 0.3) is 0 Å². The van der Waals surface area contributed by atoms with Gasteiger partial charge in [0, 0.05) is 10.6 Å². The number of carboxylic acids is 1. The fourth-order valence-corrected chi connectivity index (χ4v) is 1.66. The molecule has 2 N–H and O–H groups in total. The van der Waals surface area contributed by atoms with Gasteiger partial charge in [0.05, 0.1) is 0 Å². The lowest BCUT2D eigenvalue weighted by atomic mass is 10.0. The Bertz CT molecular complexity index is 385. The van der Waals surface area contributed by atoms with E-state index in [0.717, 1.165) is 0 Å². The third kappa shape index (κ3) is 3.51. The molecule has 0 aliphatic rings. The molecule has 0 unspecified atom stereocenters. The summed E-state index contributed by atoms with van der Waals surface area (Å²) in [7, 11) is 0. The number of nitrogens with one attached hydrogen (secondary N) is 1. The van der Waals surface area contributed by atoms with E-state index in [2.05, 4.69) is 5.32 Å². The van der Waals surface area contributed by atoms with Crippen molar-refractivity contribution in [2.24, 2.45) is 0 Å². The molecule has 0 radical (unpaired) electrons. The van der Waals surface area contributed by atoms with Crippen molar-refractivity contribution < 1.29 is 9.90 Å². The van der Waals surface area contributed by atoms with Gasteiger partial charge in [0.25, 0.3) is 0 Å². The van der Waals surface area contributed by atoms with Crippen LogP contribution in [0.4, 0.5) is 0 Å². The monoisotopic (exact) mass is 241 g/mol. The minimum absolute atomic E-state index is 0.289. The molecule has 0 fully saturated rings. The number of benzene rings is 1. The molecule has 16 heavy (non-hydrogen) atoms. The Morgan fingerprint density at radius 3 is 2.38 bits per heavy atom. The van der Waals surface area contributed by atoms with Crippen LogP contribution in [0.5, 0.6) is 0 Å². The molecule has 4 heteroatoms. The van der Waals surface area contributed by atoms with E-state index in [0.29, 0.717) is 10.6 Å². The van der Waals surface area contributed by atoms with Gasteiger partial charge >= 0.3 is 5.97 Å². The number of carbonyl (C=O) groups is 1. The van der Waals surface area contributed by atoms with Crippen molar-refractivity contribution in [1.82, 2.24) is 5.32 Å². The molecule has 0 saturated heterocycles. The highest BCUT2D eigenvalue weighted by atomic mass is 35.5. The number of carboxylic acid groups (broad SMARTS) is 1. The first-order chi connectivity index (χ1) is 7.31. The van der Waals surface area contributed by atoms with E-state index in [9.17, 15) is 9.90 Å². The average molecular weight is 242 g/mol. The van der Waals surface area contributed by atoms with Crippen molar-refractivity contribution in [2.75, 3.05) is 0 Å². The smallest absolute Gasteiger partial charge is 0.325 e. The topological polar surface area (TPSA) is 49.3 Å². The van der Waals surface area contributed by atoms with Crippen molar-refractivity contribution in [3.05, 3.63) is 34.9 Å². The zero-order chi connectivity index (χ0) is 12.3. The van der Waals surface area contributed by atoms with Gasteiger partial charge in [-0.1, -0.05) is 29.8 Å². The van der Waals surface area contributed by atoms with Crippen LogP contribution in [-0.4, -0.2) is 16.6 Å². The third-order valence-electron chi connectivity index (χ3n) is 2.04. The molecule has 0 bridgehead atoms. The molecule has 0 aliphatic heterocycles. The molecule has 0 amide bonds. The largest absolute Gasteiger partial charge is 0.480 e. The first kappa shape index (κ1) is 13.0. The standard InChI is InChI=1S/C12H16ClNO2/c1-12(2,3)14-10(11(15)16)8-6-4-5-7-9(8)13/h4-7,10,14H,1-3H3,(H,15,16)/t10-/m0/s1. The average Bonchev–Trinajstić information content (AvgIpc) is 2.13. The lowest BCUT2D eigenvalue weighted by Crippen LogP contribution is -2.42. The number of hydrogen-bond acceptors (Lipinski definition) is 2. The van der Waals surface area contributed by atoms with E-state index in [1.165, 1.54) is 0 Å². The van der Waals surface area contributed by atoms with Gasteiger partial charge < -0.3 is 5.11 Å². The molecule has 0 saturated carbocycles. The van der Waals surface area contributed by atoms with Gasteiger partial charge in [0.15, 0.2) is 0 Å². The summed E-state index contributed by atoms with van der Waals surface area (Å²) in [4.78, 5) is 11.2. The van der Waals surface area contributed by atoms with Crippen LogP contribution in [0.15, 0.2) is 24.3 Å². The molecule has 0 spiro atoms. The molecular weight excluding hydrogens is 226 g/mol. The minimum Gasteiger partial charge on any atom is -0.480 e. The Morgan fingerprint density at radius 2 is 1.94 bits per heavy atom.